The van der Waals surface area contributed by atoms with Crippen LogP contribution in [0.15, 0.2) is 42.5 Å². The average molecular weight is 267 g/mol. The number of carbonyl (C=O) groups excluding carboxylic acids is 1. The smallest absolute Gasteiger partial charge is 0.261 e. The molecule has 1 aliphatic rings. The van der Waals surface area contributed by atoms with Gasteiger partial charge in [0.1, 0.15) is 0 Å². The highest BCUT2D eigenvalue weighted by atomic mass is 16.3. The summed E-state index contributed by atoms with van der Waals surface area (Å²) >= 11 is 0. The highest BCUT2D eigenvalue weighted by Crippen LogP contribution is 2.39. The van der Waals surface area contributed by atoms with Crippen LogP contribution in [-0.4, -0.2) is 11.0 Å². The van der Waals surface area contributed by atoms with Crippen molar-refractivity contribution >= 4 is 11.6 Å². The number of rotatable bonds is 2. The molecule has 2 N–H and O–H groups in total. The lowest BCUT2D eigenvalue weighted by Gasteiger charge is -2.23. The molecule has 0 aromatic heterocycles. The van der Waals surface area contributed by atoms with E-state index in [-0.39, 0.29) is 5.91 Å². The lowest BCUT2D eigenvalue weighted by molar-refractivity contribution is -0.133. The summed E-state index contributed by atoms with van der Waals surface area (Å²) in [6.07, 6.45) is 0.300. The first kappa shape index (κ1) is 12.9. The molecule has 0 saturated carbocycles. The standard InChI is InChI=1S/C17H17NO2/c1-11-6-5-7-12(2)13(11)10-17(20)14-8-3-4-9-15(14)18-16(17)19/h3-9,20H,10H2,1-2H3,(H,18,19). The van der Waals surface area contributed by atoms with Gasteiger partial charge in [-0.3, -0.25) is 4.79 Å². The molecule has 1 heterocycles. The van der Waals surface area contributed by atoms with E-state index in [1.165, 1.54) is 0 Å². The van der Waals surface area contributed by atoms with Gasteiger partial charge in [0, 0.05) is 17.7 Å². The molecule has 0 saturated heterocycles. The zero-order valence-electron chi connectivity index (χ0n) is 11.6. The van der Waals surface area contributed by atoms with E-state index in [4.69, 9.17) is 0 Å². The van der Waals surface area contributed by atoms with E-state index < -0.39 is 5.60 Å². The second kappa shape index (κ2) is 4.46. The van der Waals surface area contributed by atoms with Crippen molar-refractivity contribution in [3.05, 3.63) is 64.7 Å². The van der Waals surface area contributed by atoms with Gasteiger partial charge >= 0.3 is 0 Å². The number of aliphatic hydroxyl groups is 1. The summed E-state index contributed by atoms with van der Waals surface area (Å²) in [5.74, 6) is -0.346. The summed E-state index contributed by atoms with van der Waals surface area (Å²) in [4.78, 5) is 12.2. The maximum Gasteiger partial charge on any atom is 0.261 e. The van der Waals surface area contributed by atoms with Crippen molar-refractivity contribution in [2.45, 2.75) is 25.9 Å². The predicted molar refractivity (Wildman–Crippen MR) is 78.6 cm³/mol. The number of amides is 1. The molecular formula is C17H17NO2. The van der Waals surface area contributed by atoms with Crippen LogP contribution in [-0.2, 0) is 16.8 Å². The third kappa shape index (κ3) is 1.82. The fourth-order valence-electron chi connectivity index (χ4n) is 2.86. The van der Waals surface area contributed by atoms with E-state index in [0.717, 1.165) is 16.7 Å². The van der Waals surface area contributed by atoms with Crippen LogP contribution < -0.4 is 5.32 Å². The first-order valence-corrected chi connectivity index (χ1v) is 6.71. The molecule has 2 aromatic carbocycles. The number of nitrogens with one attached hydrogen (secondary N) is 1. The third-order valence-corrected chi connectivity index (χ3v) is 4.07. The van der Waals surface area contributed by atoms with Gasteiger partial charge in [0.05, 0.1) is 0 Å². The van der Waals surface area contributed by atoms with E-state index in [9.17, 15) is 9.90 Å². The van der Waals surface area contributed by atoms with Gasteiger partial charge in [-0.05, 0) is 36.6 Å². The lowest BCUT2D eigenvalue weighted by atomic mass is 9.85. The van der Waals surface area contributed by atoms with Gasteiger partial charge in [0.25, 0.3) is 5.91 Å². The van der Waals surface area contributed by atoms with Gasteiger partial charge in [-0.1, -0.05) is 36.4 Å². The number of anilines is 1. The number of hydrogen-bond donors (Lipinski definition) is 2. The molecule has 3 heteroatoms. The Labute approximate surface area is 118 Å². The first-order valence-electron chi connectivity index (χ1n) is 6.71. The van der Waals surface area contributed by atoms with Crippen LogP contribution in [0.5, 0.6) is 0 Å². The summed E-state index contributed by atoms with van der Waals surface area (Å²) in [7, 11) is 0. The summed E-state index contributed by atoms with van der Waals surface area (Å²) in [6.45, 7) is 4.01. The molecular weight excluding hydrogens is 250 g/mol. The number of benzene rings is 2. The number of hydrogen-bond acceptors (Lipinski definition) is 2. The molecule has 1 amide bonds. The van der Waals surface area contributed by atoms with Crippen molar-refractivity contribution in [2.24, 2.45) is 0 Å². The molecule has 20 heavy (non-hydrogen) atoms. The summed E-state index contributed by atoms with van der Waals surface area (Å²) in [5.41, 5.74) is 3.10. The molecule has 3 rings (SSSR count). The Morgan fingerprint density at radius 3 is 2.40 bits per heavy atom. The van der Waals surface area contributed by atoms with Gasteiger partial charge in [-0.2, -0.15) is 0 Å². The Morgan fingerprint density at radius 2 is 1.70 bits per heavy atom. The molecule has 0 radical (unpaired) electrons. The van der Waals surface area contributed by atoms with Crippen molar-refractivity contribution in [3.63, 3.8) is 0 Å². The Balaban J connectivity index is 2.08. The minimum Gasteiger partial charge on any atom is -0.375 e. The summed E-state index contributed by atoms with van der Waals surface area (Å²) in [5, 5.41) is 13.7. The second-order valence-electron chi connectivity index (χ2n) is 5.41. The highest BCUT2D eigenvalue weighted by molar-refractivity contribution is 6.05. The SMILES string of the molecule is Cc1cccc(C)c1CC1(O)C(=O)Nc2ccccc21. The quantitative estimate of drug-likeness (QED) is 0.879. The molecule has 0 aliphatic carbocycles. The largest absolute Gasteiger partial charge is 0.375 e. The number of fused-ring (bicyclic) bond motifs is 1. The molecule has 0 bridgehead atoms. The molecule has 1 unspecified atom stereocenters. The van der Waals surface area contributed by atoms with E-state index in [0.29, 0.717) is 17.7 Å². The summed E-state index contributed by atoms with van der Waals surface area (Å²) in [6, 6.07) is 13.3. The molecule has 102 valence electrons. The van der Waals surface area contributed by atoms with Crippen molar-refractivity contribution in [3.8, 4) is 0 Å². The van der Waals surface area contributed by atoms with E-state index >= 15 is 0 Å². The molecule has 1 atom stereocenters. The highest BCUT2D eigenvalue weighted by Gasteiger charge is 2.45. The maximum atomic E-state index is 12.2. The van der Waals surface area contributed by atoms with Crippen LogP contribution in [0.4, 0.5) is 5.69 Å². The van der Waals surface area contributed by atoms with Crippen LogP contribution in [0.3, 0.4) is 0 Å². The Hall–Kier alpha value is -2.13. The van der Waals surface area contributed by atoms with Crippen molar-refractivity contribution < 1.29 is 9.90 Å². The van der Waals surface area contributed by atoms with Crippen molar-refractivity contribution in [2.75, 3.05) is 5.32 Å². The van der Waals surface area contributed by atoms with Crippen molar-refractivity contribution in [1.82, 2.24) is 0 Å². The van der Waals surface area contributed by atoms with Gasteiger partial charge in [-0.25, -0.2) is 0 Å². The zero-order chi connectivity index (χ0) is 14.3. The van der Waals surface area contributed by atoms with Crippen LogP contribution in [0.1, 0.15) is 22.3 Å². The normalized spacial score (nSPS) is 20.6. The number of aryl methyl sites for hydroxylation is 2. The summed E-state index contributed by atoms with van der Waals surface area (Å²) < 4.78 is 0. The topological polar surface area (TPSA) is 49.3 Å². The monoisotopic (exact) mass is 267 g/mol. The average Bonchev–Trinajstić information content (AvgIpc) is 2.67. The minimum absolute atomic E-state index is 0.300. The van der Waals surface area contributed by atoms with Gasteiger partial charge < -0.3 is 10.4 Å². The zero-order valence-corrected chi connectivity index (χ0v) is 11.6. The van der Waals surface area contributed by atoms with E-state index in [1.807, 2.05) is 50.2 Å². The van der Waals surface area contributed by atoms with Crippen LogP contribution in [0, 0.1) is 13.8 Å². The maximum absolute atomic E-state index is 12.2. The van der Waals surface area contributed by atoms with Crippen LogP contribution >= 0.6 is 0 Å². The number of carbonyl (C=O) groups is 1. The Kier molecular flexibility index (Phi) is 2.87. The van der Waals surface area contributed by atoms with E-state index in [1.54, 1.807) is 6.07 Å². The first-order chi connectivity index (χ1) is 9.52. The number of para-hydroxylation sites is 1. The van der Waals surface area contributed by atoms with E-state index in [2.05, 4.69) is 5.32 Å². The van der Waals surface area contributed by atoms with Gasteiger partial charge in [0.2, 0.25) is 0 Å². The van der Waals surface area contributed by atoms with Crippen molar-refractivity contribution in [1.29, 1.82) is 0 Å². The molecule has 1 aliphatic heterocycles. The molecule has 0 spiro atoms. The molecule has 2 aromatic rings. The molecule has 3 nitrogen and oxygen atoms in total. The fourth-order valence-corrected chi connectivity index (χ4v) is 2.86. The Morgan fingerprint density at radius 1 is 1.05 bits per heavy atom. The predicted octanol–water partition coefficient (Wildman–Crippen LogP) is 2.69. The minimum atomic E-state index is -1.48. The van der Waals surface area contributed by atoms with Crippen LogP contribution in [0.25, 0.3) is 0 Å². The van der Waals surface area contributed by atoms with Gasteiger partial charge in [0.15, 0.2) is 5.60 Å². The molecule has 0 fully saturated rings. The third-order valence-electron chi connectivity index (χ3n) is 4.07. The fraction of sp³-hybridized carbons (Fsp3) is 0.235. The lowest BCUT2D eigenvalue weighted by Crippen LogP contribution is -2.36. The van der Waals surface area contributed by atoms with Crippen LogP contribution in [0.2, 0.25) is 0 Å². The van der Waals surface area contributed by atoms with Gasteiger partial charge in [-0.15, -0.1) is 0 Å². The second-order valence-corrected chi connectivity index (χ2v) is 5.41. The Bertz CT molecular complexity index is 673.